The van der Waals surface area contributed by atoms with Crippen molar-refractivity contribution in [1.82, 2.24) is 25.2 Å². The molecule has 6 rings (SSSR count). The highest BCUT2D eigenvalue weighted by atomic mass is 16.5. The highest BCUT2D eigenvalue weighted by Gasteiger charge is 2.19. The van der Waals surface area contributed by atoms with Crippen molar-refractivity contribution in [2.75, 3.05) is 26.3 Å². The first-order valence-corrected chi connectivity index (χ1v) is 14.6. The average Bonchev–Trinajstić information content (AvgIpc) is 3.48. The lowest BCUT2D eigenvalue weighted by Gasteiger charge is -2.26. The smallest absolute Gasteiger partial charge is 0.254 e. The van der Waals surface area contributed by atoms with E-state index in [4.69, 9.17) is 4.74 Å². The topological polar surface area (TPSA) is 100 Å². The Hall–Kier alpha value is -4.82. The number of morpholine rings is 1. The van der Waals surface area contributed by atoms with Gasteiger partial charge in [-0.3, -0.25) is 9.59 Å². The number of aromatic amines is 1. The number of hydrogen-bond donors (Lipinski definition) is 2. The minimum absolute atomic E-state index is 0.0254. The minimum Gasteiger partial charge on any atom is -0.378 e. The van der Waals surface area contributed by atoms with Crippen LogP contribution < -0.4 is 5.32 Å². The molecule has 1 fully saturated rings. The van der Waals surface area contributed by atoms with E-state index in [2.05, 4.69) is 41.0 Å². The number of aromatic nitrogens is 3. The van der Waals surface area contributed by atoms with Crippen LogP contribution >= 0.6 is 0 Å². The summed E-state index contributed by atoms with van der Waals surface area (Å²) in [4.78, 5) is 39.8. The van der Waals surface area contributed by atoms with Crippen molar-refractivity contribution in [3.8, 4) is 22.5 Å². The molecular formula is C35H35N5O3. The van der Waals surface area contributed by atoms with Gasteiger partial charge in [-0.1, -0.05) is 69.3 Å². The Morgan fingerprint density at radius 3 is 2.19 bits per heavy atom. The Morgan fingerprint density at radius 2 is 1.51 bits per heavy atom. The summed E-state index contributed by atoms with van der Waals surface area (Å²) in [5, 5.41) is 3.92. The van der Waals surface area contributed by atoms with Gasteiger partial charge in [0.25, 0.3) is 11.8 Å². The van der Waals surface area contributed by atoms with E-state index < -0.39 is 0 Å². The van der Waals surface area contributed by atoms with Gasteiger partial charge in [0.15, 0.2) is 0 Å². The first-order chi connectivity index (χ1) is 20.8. The molecule has 5 aromatic rings. The molecule has 0 saturated carbocycles. The third-order valence-corrected chi connectivity index (χ3v) is 7.86. The summed E-state index contributed by atoms with van der Waals surface area (Å²) in [7, 11) is 0. The number of amides is 2. The molecule has 3 heterocycles. The van der Waals surface area contributed by atoms with Crippen LogP contribution in [0.25, 0.3) is 33.5 Å². The van der Waals surface area contributed by atoms with Gasteiger partial charge >= 0.3 is 0 Å². The lowest BCUT2D eigenvalue weighted by molar-refractivity contribution is 0.0303. The highest BCUT2D eigenvalue weighted by Crippen LogP contribution is 2.30. The Balaban J connectivity index is 1.14. The zero-order chi connectivity index (χ0) is 30.0. The number of ether oxygens (including phenoxy) is 1. The molecule has 8 nitrogen and oxygen atoms in total. The lowest BCUT2D eigenvalue weighted by atomic mass is 9.87. The third-order valence-electron chi connectivity index (χ3n) is 7.86. The van der Waals surface area contributed by atoms with Crippen molar-refractivity contribution in [3.63, 3.8) is 0 Å². The molecule has 1 saturated heterocycles. The van der Waals surface area contributed by atoms with Gasteiger partial charge in [0.2, 0.25) is 0 Å². The number of nitrogens with one attached hydrogen (secondary N) is 2. The van der Waals surface area contributed by atoms with Crippen molar-refractivity contribution in [2.45, 2.75) is 32.7 Å². The number of H-pyrrole nitrogens is 1. The maximum absolute atomic E-state index is 12.8. The van der Waals surface area contributed by atoms with Gasteiger partial charge in [-0.05, 0) is 52.4 Å². The average molecular weight is 574 g/mol. The highest BCUT2D eigenvalue weighted by molar-refractivity contribution is 5.96. The molecule has 2 amide bonds. The van der Waals surface area contributed by atoms with Crippen LogP contribution in [0, 0.1) is 0 Å². The predicted octanol–water partition coefficient (Wildman–Crippen LogP) is 5.99. The largest absolute Gasteiger partial charge is 0.378 e. The Labute approximate surface area is 251 Å². The summed E-state index contributed by atoms with van der Waals surface area (Å²) in [6.45, 7) is 9.29. The maximum atomic E-state index is 12.8. The van der Waals surface area contributed by atoms with Crippen LogP contribution in [0.3, 0.4) is 0 Å². The van der Waals surface area contributed by atoms with Gasteiger partial charge < -0.3 is 19.9 Å². The zero-order valence-corrected chi connectivity index (χ0v) is 24.7. The fourth-order valence-corrected chi connectivity index (χ4v) is 5.25. The monoisotopic (exact) mass is 573 g/mol. The number of carbonyl (C=O) groups is 2. The Kier molecular flexibility index (Phi) is 7.78. The number of nitrogens with zero attached hydrogens (tertiary/aromatic N) is 3. The molecule has 0 bridgehead atoms. The molecule has 3 aromatic carbocycles. The molecule has 0 radical (unpaired) electrons. The van der Waals surface area contributed by atoms with Crippen LogP contribution in [0.15, 0.2) is 85.2 Å². The molecule has 1 aliphatic rings. The molecule has 1 aliphatic heterocycles. The summed E-state index contributed by atoms with van der Waals surface area (Å²) in [6.07, 6.45) is 1.56. The van der Waals surface area contributed by atoms with Crippen molar-refractivity contribution in [3.05, 3.63) is 107 Å². The van der Waals surface area contributed by atoms with Crippen molar-refractivity contribution in [1.29, 1.82) is 0 Å². The van der Waals surface area contributed by atoms with Crippen molar-refractivity contribution >= 4 is 22.8 Å². The molecular weight excluding hydrogens is 538 g/mol. The zero-order valence-electron chi connectivity index (χ0n) is 24.7. The molecule has 0 spiro atoms. The van der Waals surface area contributed by atoms with Gasteiger partial charge in [-0.15, -0.1) is 0 Å². The van der Waals surface area contributed by atoms with Crippen molar-refractivity contribution < 1.29 is 14.3 Å². The normalized spacial score (nSPS) is 13.7. The maximum Gasteiger partial charge on any atom is 0.254 e. The van der Waals surface area contributed by atoms with Crippen LogP contribution in [-0.4, -0.2) is 58.0 Å². The van der Waals surface area contributed by atoms with Gasteiger partial charge in [-0.2, -0.15) is 0 Å². The summed E-state index contributed by atoms with van der Waals surface area (Å²) < 4.78 is 5.36. The molecule has 0 atom stereocenters. The van der Waals surface area contributed by atoms with E-state index in [1.54, 1.807) is 6.33 Å². The molecule has 0 aliphatic carbocycles. The van der Waals surface area contributed by atoms with E-state index in [9.17, 15) is 9.59 Å². The fourth-order valence-electron chi connectivity index (χ4n) is 5.25. The second kappa shape index (κ2) is 11.8. The number of carbonyl (C=O) groups excluding carboxylic acids is 2. The van der Waals surface area contributed by atoms with Gasteiger partial charge in [0.1, 0.15) is 12.0 Å². The van der Waals surface area contributed by atoms with Crippen LogP contribution in [0.5, 0.6) is 0 Å². The second-order valence-electron chi connectivity index (χ2n) is 11.9. The first kappa shape index (κ1) is 28.3. The second-order valence-corrected chi connectivity index (χ2v) is 11.9. The first-order valence-electron chi connectivity index (χ1n) is 14.6. The minimum atomic E-state index is -0.0969. The van der Waals surface area contributed by atoms with E-state index >= 15 is 0 Å². The summed E-state index contributed by atoms with van der Waals surface area (Å²) >= 11 is 0. The molecule has 2 N–H and O–H groups in total. The van der Waals surface area contributed by atoms with Gasteiger partial charge in [-0.25, -0.2) is 9.97 Å². The van der Waals surface area contributed by atoms with Crippen LogP contribution in [0.4, 0.5) is 0 Å². The lowest BCUT2D eigenvalue weighted by Crippen LogP contribution is -2.40. The van der Waals surface area contributed by atoms with Crippen LogP contribution in [0.2, 0.25) is 0 Å². The summed E-state index contributed by atoms with van der Waals surface area (Å²) in [5.74, 6) is -0.0715. The molecule has 218 valence electrons. The summed E-state index contributed by atoms with van der Waals surface area (Å²) in [6, 6.07) is 25.5. The van der Waals surface area contributed by atoms with Crippen molar-refractivity contribution in [2.24, 2.45) is 0 Å². The molecule has 8 heteroatoms. The van der Waals surface area contributed by atoms with E-state index in [1.165, 1.54) is 5.56 Å². The standard InChI is InChI=1S/C35H35N5O3/c1-35(2,3)28-14-12-26(13-15-28)33(41)36-21-23-4-6-25(7-5-23)31-29-20-30(39-32(29)38-22-37-31)24-8-10-27(11-9-24)34(42)40-16-18-43-19-17-40/h4-15,20,22H,16-19,21H2,1-3H3,(H,36,41)(H,37,38,39). The summed E-state index contributed by atoms with van der Waals surface area (Å²) in [5.41, 5.74) is 7.92. The van der Waals surface area contributed by atoms with E-state index in [0.29, 0.717) is 44.0 Å². The number of rotatable bonds is 6. The number of fused-ring (bicyclic) bond motifs is 1. The number of benzene rings is 3. The number of hydrogen-bond acceptors (Lipinski definition) is 5. The van der Waals surface area contributed by atoms with E-state index in [1.807, 2.05) is 83.8 Å². The fraction of sp³-hybridized carbons (Fsp3) is 0.257. The van der Waals surface area contributed by atoms with E-state index in [-0.39, 0.29) is 17.2 Å². The Morgan fingerprint density at radius 1 is 0.860 bits per heavy atom. The quantitative estimate of drug-likeness (QED) is 0.260. The predicted molar refractivity (Wildman–Crippen MR) is 168 cm³/mol. The third kappa shape index (κ3) is 6.20. The van der Waals surface area contributed by atoms with Crippen LogP contribution in [0.1, 0.15) is 52.6 Å². The molecule has 2 aromatic heterocycles. The SMILES string of the molecule is CC(C)(C)c1ccc(C(=O)NCc2ccc(-c3ncnc4[nH]c(-c5ccc(C(=O)N6CCOCC6)cc5)cc34)cc2)cc1. The van der Waals surface area contributed by atoms with E-state index in [0.717, 1.165) is 39.1 Å². The van der Waals surface area contributed by atoms with Gasteiger partial charge in [0.05, 0.1) is 18.9 Å². The molecule has 43 heavy (non-hydrogen) atoms. The van der Waals surface area contributed by atoms with Crippen LogP contribution in [-0.2, 0) is 16.7 Å². The van der Waals surface area contributed by atoms with Gasteiger partial charge in [0, 0.05) is 47.4 Å². The Bertz CT molecular complexity index is 1750. The molecule has 0 unspecified atom stereocenters.